The maximum absolute atomic E-state index is 13.9. The van der Waals surface area contributed by atoms with Crippen molar-refractivity contribution in [3.8, 4) is 11.5 Å². The van der Waals surface area contributed by atoms with E-state index in [9.17, 15) is 22.4 Å². The van der Waals surface area contributed by atoms with Gasteiger partial charge in [0.2, 0.25) is 5.75 Å². The van der Waals surface area contributed by atoms with Crippen LogP contribution in [0.5, 0.6) is 11.5 Å². The third kappa shape index (κ3) is 9.17. The third-order valence-corrected chi connectivity index (χ3v) is 5.91. The molecule has 196 valence electrons. The summed E-state index contributed by atoms with van der Waals surface area (Å²) in [5.41, 5.74) is 2.33. The Bertz CT molecular complexity index is 847. The molecule has 2 atom stereocenters. The molecule has 1 aromatic carbocycles. The van der Waals surface area contributed by atoms with Crippen LogP contribution in [0.4, 0.5) is 17.6 Å². The van der Waals surface area contributed by atoms with Crippen LogP contribution in [0.3, 0.4) is 0 Å². The molecule has 0 bridgehead atoms. The highest BCUT2D eigenvalue weighted by Gasteiger charge is 2.30. The summed E-state index contributed by atoms with van der Waals surface area (Å²) in [6.07, 6.45) is -0.133. The number of esters is 1. The van der Waals surface area contributed by atoms with Gasteiger partial charge in [-0.15, -0.1) is 0 Å². The number of alkyl halides is 3. The number of hydrogen-bond acceptors (Lipinski definition) is 7. The molecule has 0 amide bonds. The van der Waals surface area contributed by atoms with Gasteiger partial charge in [-0.2, -0.15) is 13.2 Å². The Balaban J connectivity index is 1.33. The van der Waals surface area contributed by atoms with E-state index < -0.39 is 24.3 Å². The molecule has 1 N–H and O–H groups in total. The molecule has 8 nitrogen and oxygen atoms in total. The lowest BCUT2D eigenvalue weighted by Crippen LogP contribution is -2.38. The van der Waals surface area contributed by atoms with Crippen LogP contribution < -0.4 is 15.1 Å². The van der Waals surface area contributed by atoms with Crippen LogP contribution in [0.15, 0.2) is 23.2 Å². The monoisotopic (exact) mass is 505 g/mol. The second kappa shape index (κ2) is 12.9. The summed E-state index contributed by atoms with van der Waals surface area (Å²) >= 11 is 0. The topological polar surface area (TPSA) is 81.6 Å². The molecular weight excluding hydrogens is 474 g/mol. The lowest BCUT2D eigenvalue weighted by atomic mass is 9.96. The number of halogens is 4. The minimum Gasteiger partial charge on any atom is -0.480 e. The quantitative estimate of drug-likeness (QED) is 0.171. The first-order valence-electron chi connectivity index (χ1n) is 11.6. The summed E-state index contributed by atoms with van der Waals surface area (Å²) in [7, 11) is 0. The molecule has 1 aromatic rings. The lowest BCUT2D eigenvalue weighted by Gasteiger charge is -2.31. The molecule has 2 aliphatic rings. The van der Waals surface area contributed by atoms with Crippen molar-refractivity contribution in [1.29, 1.82) is 0 Å². The zero-order chi connectivity index (χ0) is 25.3. The Morgan fingerprint density at radius 3 is 2.77 bits per heavy atom. The van der Waals surface area contributed by atoms with Gasteiger partial charge >= 0.3 is 12.1 Å². The van der Waals surface area contributed by atoms with Crippen LogP contribution >= 0.6 is 0 Å². The second-order valence-electron chi connectivity index (χ2n) is 8.74. The van der Waals surface area contributed by atoms with Gasteiger partial charge in [0.1, 0.15) is 13.1 Å². The first-order chi connectivity index (χ1) is 16.7. The smallest absolute Gasteiger partial charge is 0.422 e. The number of para-hydroxylation sites is 1. The maximum atomic E-state index is 13.9. The average Bonchev–Trinajstić information content (AvgIpc) is 2.82. The number of likely N-dealkylation sites (tertiary alicyclic amines) is 1. The SMILES string of the molecule is CC1CC(C(=O)OCN2CCC(CN=CNOc3c(F)cccc3OCC(F)(F)F)CC2)CCO1. The number of ether oxygens (including phenoxy) is 3. The summed E-state index contributed by atoms with van der Waals surface area (Å²) in [4.78, 5) is 23.6. The predicted molar refractivity (Wildman–Crippen MR) is 118 cm³/mol. The Morgan fingerprint density at radius 1 is 1.29 bits per heavy atom. The molecule has 0 aromatic heterocycles. The second-order valence-corrected chi connectivity index (χ2v) is 8.74. The van der Waals surface area contributed by atoms with Crippen molar-refractivity contribution < 1.29 is 41.4 Å². The van der Waals surface area contributed by atoms with Crippen molar-refractivity contribution in [3.05, 3.63) is 24.0 Å². The molecule has 0 saturated carbocycles. The zero-order valence-electron chi connectivity index (χ0n) is 19.6. The number of piperidine rings is 1. The van der Waals surface area contributed by atoms with E-state index in [0.717, 1.165) is 32.0 Å². The van der Waals surface area contributed by atoms with Gasteiger partial charge < -0.3 is 19.0 Å². The zero-order valence-corrected chi connectivity index (χ0v) is 19.6. The Kier molecular flexibility index (Phi) is 9.96. The van der Waals surface area contributed by atoms with Crippen LogP contribution in [0, 0.1) is 17.7 Å². The van der Waals surface area contributed by atoms with E-state index in [4.69, 9.17) is 14.3 Å². The summed E-state index contributed by atoms with van der Waals surface area (Å²) in [6.45, 7) is 3.30. The summed E-state index contributed by atoms with van der Waals surface area (Å²) in [5, 5.41) is 0. The van der Waals surface area contributed by atoms with Gasteiger partial charge in [-0.1, -0.05) is 6.07 Å². The highest BCUT2D eigenvalue weighted by atomic mass is 19.4. The van der Waals surface area contributed by atoms with E-state index in [-0.39, 0.29) is 30.5 Å². The van der Waals surface area contributed by atoms with Crippen LogP contribution in [0.25, 0.3) is 0 Å². The molecule has 2 aliphatic heterocycles. The van der Waals surface area contributed by atoms with Crippen molar-refractivity contribution >= 4 is 12.3 Å². The molecule has 2 unspecified atom stereocenters. The van der Waals surface area contributed by atoms with E-state index in [1.165, 1.54) is 18.5 Å². The van der Waals surface area contributed by atoms with Crippen molar-refractivity contribution in [2.75, 3.05) is 39.6 Å². The maximum Gasteiger partial charge on any atom is 0.422 e. The third-order valence-electron chi connectivity index (χ3n) is 5.91. The fraction of sp³-hybridized carbons (Fsp3) is 0.652. The van der Waals surface area contributed by atoms with Gasteiger partial charge in [0.25, 0.3) is 0 Å². The normalized spacial score (nSPS) is 22.2. The minimum absolute atomic E-state index is 0.0778. The first-order valence-corrected chi connectivity index (χ1v) is 11.6. The molecule has 12 heteroatoms. The van der Waals surface area contributed by atoms with Crippen molar-refractivity contribution in [2.45, 2.75) is 44.9 Å². The van der Waals surface area contributed by atoms with Gasteiger partial charge in [-0.3, -0.25) is 14.7 Å². The van der Waals surface area contributed by atoms with E-state index in [1.54, 1.807) is 0 Å². The Hall–Kier alpha value is -2.60. The standard InChI is InChI=1S/C23H31F4N3O5/c1-16-11-18(7-10-32-16)22(31)34-15-30-8-5-17(6-9-30)12-28-14-29-35-21-19(24)3-2-4-20(21)33-13-23(25,26)27/h2-4,14,16-18H,5-13,15H2,1H3,(H,28,29). The minimum atomic E-state index is -4.56. The molecule has 0 spiro atoms. The number of nitrogens with zero attached hydrogens (tertiary/aromatic N) is 2. The van der Waals surface area contributed by atoms with Gasteiger partial charge in [0.05, 0.1) is 12.0 Å². The molecule has 0 radical (unpaired) electrons. The largest absolute Gasteiger partial charge is 0.480 e. The number of aliphatic imine (C=N–C) groups is 1. The number of benzene rings is 1. The molecule has 2 fully saturated rings. The Labute approximate surface area is 201 Å². The summed E-state index contributed by atoms with van der Waals surface area (Å²) < 4.78 is 66.6. The average molecular weight is 506 g/mol. The van der Waals surface area contributed by atoms with Crippen molar-refractivity contribution in [2.24, 2.45) is 16.8 Å². The van der Waals surface area contributed by atoms with Crippen LogP contribution in [-0.2, 0) is 14.3 Å². The Morgan fingerprint density at radius 2 is 2.06 bits per heavy atom. The van der Waals surface area contributed by atoms with Crippen molar-refractivity contribution in [3.63, 3.8) is 0 Å². The highest BCUT2D eigenvalue weighted by Crippen LogP contribution is 2.31. The van der Waals surface area contributed by atoms with Crippen LogP contribution in [-0.4, -0.2) is 69.1 Å². The van der Waals surface area contributed by atoms with Crippen LogP contribution in [0.1, 0.15) is 32.6 Å². The fourth-order valence-corrected chi connectivity index (χ4v) is 3.97. The first kappa shape index (κ1) is 27.0. The number of nitrogens with one attached hydrogen (secondary N) is 1. The number of carbonyl (C=O) groups excluding carboxylic acids is 1. The van der Waals surface area contributed by atoms with E-state index >= 15 is 0 Å². The molecule has 35 heavy (non-hydrogen) atoms. The van der Waals surface area contributed by atoms with Gasteiger partial charge in [0, 0.05) is 26.2 Å². The van der Waals surface area contributed by atoms with Gasteiger partial charge in [-0.25, -0.2) is 9.87 Å². The molecule has 2 heterocycles. The highest BCUT2D eigenvalue weighted by molar-refractivity contribution is 5.72. The van der Waals surface area contributed by atoms with Gasteiger partial charge in [0.15, 0.2) is 18.2 Å². The molecule has 0 aliphatic carbocycles. The summed E-state index contributed by atoms with van der Waals surface area (Å²) in [5.74, 6) is -1.68. The van der Waals surface area contributed by atoms with Crippen molar-refractivity contribution in [1.82, 2.24) is 10.4 Å². The lowest BCUT2D eigenvalue weighted by molar-refractivity contribution is -0.159. The van der Waals surface area contributed by atoms with Gasteiger partial charge in [-0.05, 0) is 50.7 Å². The number of hydrogen-bond donors (Lipinski definition) is 1. The number of carbonyl (C=O) groups is 1. The molecular formula is C23H31F4N3O5. The molecule has 3 rings (SSSR count). The fourth-order valence-electron chi connectivity index (χ4n) is 3.97. The number of rotatable bonds is 10. The number of hydroxylamine groups is 1. The molecule has 2 saturated heterocycles. The predicted octanol–water partition coefficient (Wildman–Crippen LogP) is 3.71. The van der Waals surface area contributed by atoms with E-state index in [2.05, 4.69) is 20.1 Å². The van der Waals surface area contributed by atoms with E-state index in [1.807, 2.05) is 6.92 Å². The van der Waals surface area contributed by atoms with E-state index in [0.29, 0.717) is 31.9 Å². The van der Waals surface area contributed by atoms with Crippen LogP contribution in [0.2, 0.25) is 0 Å². The summed E-state index contributed by atoms with van der Waals surface area (Å²) in [6, 6.07) is 3.45.